The van der Waals surface area contributed by atoms with Gasteiger partial charge in [0.25, 0.3) is 5.91 Å². The van der Waals surface area contributed by atoms with Crippen molar-refractivity contribution in [3.8, 4) is 5.88 Å². The number of carbonyl (C=O) groups excluding carboxylic acids is 1. The third kappa shape index (κ3) is 6.30. The smallest absolute Gasteiger partial charge is 0.252 e. The molecule has 2 heterocycles. The maximum atomic E-state index is 14.7. The van der Waals surface area contributed by atoms with Gasteiger partial charge in [-0.1, -0.05) is 13.3 Å². The molecule has 34 heavy (non-hydrogen) atoms. The summed E-state index contributed by atoms with van der Waals surface area (Å²) >= 11 is 0. The van der Waals surface area contributed by atoms with Crippen molar-refractivity contribution < 1.29 is 18.7 Å². The summed E-state index contributed by atoms with van der Waals surface area (Å²) in [4.78, 5) is 20.8. The molecule has 2 atom stereocenters. The Labute approximate surface area is 198 Å². The molecule has 0 fully saturated rings. The van der Waals surface area contributed by atoms with Crippen LogP contribution in [0.2, 0.25) is 0 Å². The third-order valence-corrected chi connectivity index (χ3v) is 5.26. The van der Waals surface area contributed by atoms with E-state index in [4.69, 9.17) is 20.9 Å². The number of halogens is 1. The highest BCUT2D eigenvalue weighted by Crippen LogP contribution is 2.27. The van der Waals surface area contributed by atoms with Gasteiger partial charge in [0, 0.05) is 36.3 Å². The topological polar surface area (TPSA) is 137 Å². The molecule has 0 saturated carbocycles. The van der Waals surface area contributed by atoms with Crippen LogP contribution in [0.4, 0.5) is 21.7 Å². The molecule has 182 valence electrons. The summed E-state index contributed by atoms with van der Waals surface area (Å²) in [5.74, 6) is -0.831. The van der Waals surface area contributed by atoms with E-state index in [-0.39, 0.29) is 29.3 Å². The summed E-state index contributed by atoms with van der Waals surface area (Å²) in [5.41, 5.74) is 12.8. The number of anilines is 3. The fourth-order valence-electron chi connectivity index (χ4n) is 3.46. The molecule has 0 saturated heterocycles. The Bertz CT molecular complexity index is 1140. The third-order valence-electron chi connectivity index (χ3n) is 5.26. The molecule has 3 aromatic rings. The van der Waals surface area contributed by atoms with Crippen molar-refractivity contribution in [2.75, 3.05) is 31.0 Å². The second-order valence-corrected chi connectivity index (χ2v) is 8.00. The molecule has 1 amide bonds. The Morgan fingerprint density at radius 3 is 2.62 bits per heavy atom. The van der Waals surface area contributed by atoms with Gasteiger partial charge in [-0.25, -0.2) is 14.4 Å². The van der Waals surface area contributed by atoms with Gasteiger partial charge in [0.05, 0.1) is 17.7 Å². The van der Waals surface area contributed by atoms with Crippen LogP contribution in [0.25, 0.3) is 10.9 Å². The van der Waals surface area contributed by atoms with Crippen LogP contribution in [0.5, 0.6) is 5.88 Å². The number of aromatic nitrogens is 2. The van der Waals surface area contributed by atoms with Crippen LogP contribution in [0.15, 0.2) is 36.4 Å². The number of amides is 1. The first-order chi connectivity index (χ1) is 16.3. The largest absolute Gasteiger partial charge is 0.475 e. The predicted octanol–water partition coefficient (Wildman–Crippen LogP) is 3.56. The molecule has 0 bridgehead atoms. The Kier molecular flexibility index (Phi) is 8.55. The zero-order valence-corrected chi connectivity index (χ0v) is 19.6. The monoisotopic (exact) mass is 470 g/mol. The molecular weight excluding hydrogens is 439 g/mol. The van der Waals surface area contributed by atoms with E-state index in [1.54, 1.807) is 25.3 Å². The number of hydrogen-bond donors (Lipinski definition) is 4. The first-order valence-corrected chi connectivity index (χ1v) is 11.1. The molecule has 6 N–H and O–H groups in total. The van der Waals surface area contributed by atoms with Gasteiger partial charge in [-0.3, -0.25) is 4.79 Å². The van der Waals surface area contributed by atoms with Gasteiger partial charge in [-0.15, -0.1) is 0 Å². The number of hydrogen-bond acceptors (Lipinski definition) is 8. The maximum Gasteiger partial charge on any atom is 0.252 e. The van der Waals surface area contributed by atoms with Crippen LogP contribution in [-0.4, -0.2) is 48.3 Å². The minimum absolute atomic E-state index is 0.00329. The van der Waals surface area contributed by atoms with Gasteiger partial charge in [0.1, 0.15) is 12.4 Å². The number of benzene rings is 1. The fraction of sp³-hybridized carbons (Fsp3) is 0.375. The number of ether oxygens (including phenoxy) is 2. The molecule has 1 aromatic carbocycles. The highest BCUT2D eigenvalue weighted by atomic mass is 19.1. The van der Waals surface area contributed by atoms with Crippen LogP contribution < -0.4 is 26.8 Å². The number of nitrogens with one attached hydrogen (secondary N) is 2. The Hall–Kier alpha value is -3.50. The number of pyridine rings is 2. The van der Waals surface area contributed by atoms with Gasteiger partial charge < -0.3 is 31.6 Å². The fourth-order valence-corrected chi connectivity index (χ4v) is 3.46. The second kappa shape index (κ2) is 11.6. The normalized spacial score (nSPS) is 12.9. The van der Waals surface area contributed by atoms with E-state index in [1.807, 2.05) is 26.0 Å². The minimum atomic E-state index is -0.793. The van der Waals surface area contributed by atoms with E-state index in [0.717, 1.165) is 29.8 Å². The summed E-state index contributed by atoms with van der Waals surface area (Å²) in [5, 5.41) is 6.98. The van der Waals surface area contributed by atoms with E-state index < -0.39 is 11.7 Å². The maximum absolute atomic E-state index is 14.7. The van der Waals surface area contributed by atoms with Gasteiger partial charge >= 0.3 is 0 Å². The Morgan fingerprint density at radius 2 is 1.94 bits per heavy atom. The molecule has 9 nitrogen and oxygen atoms in total. The van der Waals surface area contributed by atoms with Crippen LogP contribution in [0.1, 0.15) is 37.0 Å². The predicted molar refractivity (Wildman–Crippen MR) is 131 cm³/mol. The average molecular weight is 471 g/mol. The zero-order chi connectivity index (χ0) is 24.7. The lowest BCUT2D eigenvalue weighted by atomic mass is 10.1. The van der Waals surface area contributed by atoms with Crippen molar-refractivity contribution in [2.45, 2.75) is 38.8 Å². The lowest BCUT2D eigenvalue weighted by Gasteiger charge is -2.23. The molecule has 0 spiro atoms. The minimum Gasteiger partial charge on any atom is -0.475 e. The summed E-state index contributed by atoms with van der Waals surface area (Å²) in [6.07, 6.45) is 1.61. The summed E-state index contributed by atoms with van der Waals surface area (Å²) in [6.45, 7) is 4.74. The van der Waals surface area contributed by atoms with Crippen molar-refractivity contribution in [3.63, 3.8) is 0 Å². The highest BCUT2D eigenvalue weighted by molar-refractivity contribution is 5.99. The van der Waals surface area contributed by atoms with Crippen molar-refractivity contribution in [1.82, 2.24) is 9.97 Å². The van der Waals surface area contributed by atoms with Crippen LogP contribution >= 0.6 is 0 Å². The second-order valence-electron chi connectivity index (χ2n) is 8.00. The highest BCUT2D eigenvalue weighted by Gasteiger charge is 2.20. The number of carbonyl (C=O) groups is 1. The van der Waals surface area contributed by atoms with Crippen molar-refractivity contribution >= 4 is 34.1 Å². The van der Waals surface area contributed by atoms with E-state index >= 15 is 0 Å². The molecule has 0 aliphatic rings. The Morgan fingerprint density at radius 1 is 1.15 bits per heavy atom. The first kappa shape index (κ1) is 25.1. The SMILES string of the molecule is CCC[C@@H](Nc1nc(Nc2ccc3nc(OCCOC)ccc3c2)c(C(N)=O)cc1F)[C@H](C)N. The molecule has 3 rings (SSSR count). The van der Waals surface area contributed by atoms with Gasteiger partial charge in [-0.05, 0) is 43.7 Å². The Balaban J connectivity index is 1.89. The molecule has 0 radical (unpaired) electrons. The molecule has 0 aliphatic carbocycles. The summed E-state index contributed by atoms with van der Waals surface area (Å²) in [7, 11) is 1.60. The molecule has 2 aromatic heterocycles. The van der Waals surface area contributed by atoms with Crippen molar-refractivity contribution in [1.29, 1.82) is 0 Å². The van der Waals surface area contributed by atoms with Crippen LogP contribution in [0.3, 0.4) is 0 Å². The van der Waals surface area contributed by atoms with Gasteiger partial charge in [-0.2, -0.15) is 0 Å². The average Bonchev–Trinajstić information content (AvgIpc) is 2.80. The van der Waals surface area contributed by atoms with Crippen LogP contribution in [-0.2, 0) is 4.74 Å². The number of rotatable bonds is 12. The summed E-state index contributed by atoms with van der Waals surface area (Å²) in [6, 6.07) is 9.74. The van der Waals surface area contributed by atoms with Crippen molar-refractivity contribution in [2.24, 2.45) is 11.5 Å². The lowest BCUT2D eigenvalue weighted by Crippen LogP contribution is -2.38. The molecule has 10 heteroatoms. The lowest BCUT2D eigenvalue weighted by molar-refractivity contribution is 0.100. The van der Waals surface area contributed by atoms with E-state index in [0.29, 0.717) is 24.8 Å². The van der Waals surface area contributed by atoms with Crippen LogP contribution in [0, 0.1) is 5.82 Å². The number of nitrogens with zero attached hydrogens (tertiary/aromatic N) is 2. The molecule has 0 unspecified atom stereocenters. The number of primary amides is 1. The number of fused-ring (bicyclic) bond motifs is 1. The standard InChI is InChI=1S/C24H31FN6O3/c1-4-5-19(14(2)26)30-24-18(25)13-17(22(27)32)23(31-24)28-16-7-8-20-15(12-16)6-9-21(29-20)34-11-10-33-3/h6-9,12-14,19H,4-5,10-11,26H2,1-3H3,(H2,27,32)(H2,28,30,31)/t14-,19+/m0/s1. The summed E-state index contributed by atoms with van der Waals surface area (Å²) < 4.78 is 25.2. The van der Waals surface area contributed by atoms with Gasteiger partial charge in [0.2, 0.25) is 5.88 Å². The first-order valence-electron chi connectivity index (χ1n) is 11.1. The van der Waals surface area contributed by atoms with Gasteiger partial charge in [0.15, 0.2) is 11.6 Å². The molecular formula is C24H31FN6O3. The van der Waals surface area contributed by atoms with E-state index in [9.17, 15) is 9.18 Å². The van der Waals surface area contributed by atoms with E-state index in [1.165, 1.54) is 0 Å². The van der Waals surface area contributed by atoms with Crippen molar-refractivity contribution in [3.05, 3.63) is 47.8 Å². The zero-order valence-electron chi connectivity index (χ0n) is 19.6. The van der Waals surface area contributed by atoms with E-state index in [2.05, 4.69) is 20.6 Å². The number of methoxy groups -OCH3 is 1. The molecule has 0 aliphatic heterocycles. The quantitative estimate of drug-likeness (QED) is 0.295. The number of nitrogens with two attached hydrogens (primary N) is 2.